The molecular weight excluding hydrogens is 172 g/mol. The van der Waals surface area contributed by atoms with Crippen molar-refractivity contribution in [3.8, 4) is 0 Å². The summed E-state index contributed by atoms with van der Waals surface area (Å²) in [6.45, 7) is 0. The van der Waals surface area contributed by atoms with Crippen molar-refractivity contribution in [2.24, 2.45) is 0 Å². The Morgan fingerprint density at radius 1 is 1.90 bits per heavy atom. The molecule has 0 amide bonds. The van der Waals surface area contributed by atoms with Gasteiger partial charge in [0.1, 0.15) is 5.25 Å². The molecule has 10 heavy (non-hydrogen) atoms. The van der Waals surface area contributed by atoms with Gasteiger partial charge in [-0.3, -0.25) is 4.79 Å². The quantitative estimate of drug-likeness (QED) is 0.647. The highest BCUT2D eigenvalue weighted by Gasteiger charge is 2.16. The molecule has 1 rings (SSSR count). The Kier molecular flexibility index (Phi) is 2.23. The zero-order valence-electron chi connectivity index (χ0n) is 4.76. The van der Waals surface area contributed by atoms with Crippen molar-refractivity contribution in [3.05, 3.63) is 11.1 Å². The van der Waals surface area contributed by atoms with Gasteiger partial charge in [-0.15, -0.1) is 5.10 Å². The molecule has 1 aromatic rings. The Balaban J connectivity index is 2.77. The van der Waals surface area contributed by atoms with Crippen molar-refractivity contribution < 1.29 is 9.90 Å². The van der Waals surface area contributed by atoms with Crippen LogP contribution in [0, 0.1) is 0 Å². The smallest absolute Gasteiger partial charge is 0.322 e. The van der Waals surface area contributed by atoms with Crippen LogP contribution in [0.15, 0.2) is 5.38 Å². The third-order valence-corrected chi connectivity index (χ3v) is 1.90. The predicted octanol–water partition coefficient (Wildman–Crippen LogP) is 0.594. The Bertz CT molecular complexity index is 223. The van der Waals surface area contributed by atoms with Crippen molar-refractivity contribution in [3.63, 3.8) is 0 Å². The third-order valence-electron chi connectivity index (χ3n) is 0.891. The summed E-state index contributed by atoms with van der Waals surface area (Å²) in [5.74, 6) is -1.00. The summed E-state index contributed by atoms with van der Waals surface area (Å²) in [6.07, 6.45) is 0. The van der Waals surface area contributed by atoms with Crippen LogP contribution in [0.25, 0.3) is 0 Å². The summed E-state index contributed by atoms with van der Waals surface area (Å²) in [6, 6.07) is 0. The van der Waals surface area contributed by atoms with Gasteiger partial charge in [0, 0.05) is 5.38 Å². The van der Waals surface area contributed by atoms with Crippen molar-refractivity contribution in [1.82, 2.24) is 9.59 Å². The lowest BCUT2D eigenvalue weighted by atomic mass is 10.3. The summed E-state index contributed by atoms with van der Waals surface area (Å²) in [4.78, 5) is 10.3. The standard InChI is InChI=1S/C4H4N2O2S2/c7-4(8)3(9)2-1-10-6-5-2/h1,3,9H,(H,7,8). The van der Waals surface area contributed by atoms with Crippen LogP contribution in [-0.4, -0.2) is 20.7 Å². The fourth-order valence-electron chi connectivity index (χ4n) is 0.417. The second kappa shape index (κ2) is 2.98. The highest BCUT2D eigenvalue weighted by Crippen LogP contribution is 2.17. The van der Waals surface area contributed by atoms with E-state index in [1.807, 2.05) is 0 Å². The van der Waals surface area contributed by atoms with E-state index in [0.29, 0.717) is 5.69 Å². The number of nitrogens with zero attached hydrogens (tertiary/aromatic N) is 2. The summed E-state index contributed by atoms with van der Waals surface area (Å²) in [5.41, 5.74) is 0.390. The van der Waals surface area contributed by atoms with Gasteiger partial charge in [-0.25, -0.2) is 0 Å². The molecule has 0 aromatic carbocycles. The largest absolute Gasteiger partial charge is 0.480 e. The second-order valence-electron chi connectivity index (χ2n) is 1.57. The minimum atomic E-state index is -1.00. The number of hydrogen-bond acceptors (Lipinski definition) is 5. The van der Waals surface area contributed by atoms with E-state index in [0.717, 1.165) is 11.5 Å². The molecule has 0 fully saturated rings. The average Bonchev–Trinajstić information content (AvgIpc) is 2.36. The van der Waals surface area contributed by atoms with Crippen molar-refractivity contribution in [2.75, 3.05) is 0 Å². The van der Waals surface area contributed by atoms with E-state index in [1.165, 1.54) is 0 Å². The molecule has 1 unspecified atom stereocenters. The number of aromatic nitrogens is 2. The normalized spacial score (nSPS) is 12.9. The minimum absolute atomic E-state index is 0.390. The first-order valence-corrected chi connectivity index (χ1v) is 3.75. The molecule has 1 heterocycles. The zero-order chi connectivity index (χ0) is 7.56. The van der Waals surface area contributed by atoms with Gasteiger partial charge in [0.15, 0.2) is 0 Å². The second-order valence-corrected chi connectivity index (χ2v) is 2.70. The summed E-state index contributed by atoms with van der Waals surface area (Å²) < 4.78 is 3.51. The Labute approximate surface area is 66.5 Å². The van der Waals surface area contributed by atoms with Crippen LogP contribution in [0.3, 0.4) is 0 Å². The van der Waals surface area contributed by atoms with E-state index in [1.54, 1.807) is 5.38 Å². The Morgan fingerprint density at radius 3 is 3.00 bits per heavy atom. The molecule has 0 spiro atoms. The molecular formula is C4H4N2O2S2. The van der Waals surface area contributed by atoms with E-state index in [9.17, 15) is 4.79 Å². The number of aliphatic carboxylic acids is 1. The van der Waals surface area contributed by atoms with Crippen LogP contribution in [0.5, 0.6) is 0 Å². The predicted molar refractivity (Wildman–Crippen MR) is 39.3 cm³/mol. The molecule has 0 bridgehead atoms. The molecule has 0 aliphatic rings. The first-order valence-electron chi connectivity index (χ1n) is 2.39. The molecule has 1 aromatic heterocycles. The first-order chi connectivity index (χ1) is 4.72. The lowest BCUT2D eigenvalue weighted by Gasteiger charge is -1.96. The van der Waals surface area contributed by atoms with Crippen LogP contribution in [-0.2, 0) is 4.79 Å². The zero-order valence-corrected chi connectivity index (χ0v) is 6.47. The Morgan fingerprint density at radius 2 is 2.60 bits per heavy atom. The monoisotopic (exact) mass is 176 g/mol. The van der Waals surface area contributed by atoms with E-state index >= 15 is 0 Å². The molecule has 0 saturated carbocycles. The minimum Gasteiger partial charge on any atom is -0.480 e. The lowest BCUT2D eigenvalue weighted by molar-refractivity contribution is -0.136. The molecule has 0 aliphatic carbocycles. The molecule has 54 valence electrons. The van der Waals surface area contributed by atoms with E-state index in [-0.39, 0.29) is 0 Å². The van der Waals surface area contributed by atoms with Gasteiger partial charge >= 0.3 is 5.97 Å². The van der Waals surface area contributed by atoms with Gasteiger partial charge < -0.3 is 5.11 Å². The van der Waals surface area contributed by atoms with Crippen LogP contribution < -0.4 is 0 Å². The maximum Gasteiger partial charge on any atom is 0.322 e. The topological polar surface area (TPSA) is 63.1 Å². The fraction of sp³-hybridized carbons (Fsp3) is 0.250. The van der Waals surface area contributed by atoms with E-state index < -0.39 is 11.2 Å². The molecule has 6 heteroatoms. The molecule has 1 N–H and O–H groups in total. The fourth-order valence-corrected chi connectivity index (χ4v) is 1.12. The van der Waals surface area contributed by atoms with Gasteiger partial charge in [-0.05, 0) is 11.5 Å². The summed E-state index contributed by atoms with van der Waals surface area (Å²) in [7, 11) is 0. The van der Waals surface area contributed by atoms with Gasteiger partial charge in [-0.2, -0.15) is 12.6 Å². The van der Waals surface area contributed by atoms with Gasteiger partial charge in [0.2, 0.25) is 0 Å². The number of thiol groups is 1. The first kappa shape index (κ1) is 7.49. The maximum absolute atomic E-state index is 10.3. The number of carboxylic acid groups (broad SMARTS) is 1. The summed E-state index contributed by atoms with van der Waals surface area (Å²) in [5, 5.41) is 12.7. The molecule has 0 saturated heterocycles. The average molecular weight is 176 g/mol. The van der Waals surface area contributed by atoms with Crippen molar-refractivity contribution in [1.29, 1.82) is 0 Å². The van der Waals surface area contributed by atoms with Gasteiger partial charge in [0.05, 0.1) is 5.69 Å². The molecule has 0 radical (unpaired) electrons. The van der Waals surface area contributed by atoms with Crippen molar-refractivity contribution >= 4 is 30.1 Å². The van der Waals surface area contributed by atoms with E-state index in [2.05, 4.69) is 22.2 Å². The Hall–Kier alpha value is -0.620. The van der Waals surface area contributed by atoms with Crippen LogP contribution in [0.4, 0.5) is 0 Å². The van der Waals surface area contributed by atoms with E-state index in [4.69, 9.17) is 5.11 Å². The highest BCUT2D eigenvalue weighted by molar-refractivity contribution is 7.81. The number of carboxylic acids is 1. The third kappa shape index (κ3) is 1.45. The van der Waals surface area contributed by atoms with Gasteiger partial charge in [0.25, 0.3) is 0 Å². The maximum atomic E-state index is 10.3. The SMILES string of the molecule is O=C(O)C(S)c1csnn1. The molecule has 4 nitrogen and oxygen atoms in total. The van der Waals surface area contributed by atoms with Crippen LogP contribution in [0.2, 0.25) is 0 Å². The number of hydrogen-bond donors (Lipinski definition) is 2. The summed E-state index contributed by atoms with van der Waals surface area (Å²) >= 11 is 4.90. The molecule has 1 atom stereocenters. The van der Waals surface area contributed by atoms with Crippen LogP contribution in [0.1, 0.15) is 10.9 Å². The van der Waals surface area contributed by atoms with Crippen molar-refractivity contribution in [2.45, 2.75) is 5.25 Å². The van der Waals surface area contributed by atoms with Gasteiger partial charge in [-0.1, -0.05) is 4.49 Å². The highest BCUT2D eigenvalue weighted by atomic mass is 32.1. The molecule has 0 aliphatic heterocycles. The lowest BCUT2D eigenvalue weighted by Crippen LogP contribution is -2.05. The number of carbonyl (C=O) groups is 1. The number of rotatable bonds is 2. The van der Waals surface area contributed by atoms with Crippen LogP contribution >= 0.6 is 24.2 Å².